The minimum atomic E-state index is -0.564. The molecule has 3 heterocycles. The molecule has 2 fully saturated rings. The largest absolute Gasteiger partial charge is 0.322 e. The number of carbonyl (C=O) groups excluding carboxylic acids is 3. The van der Waals surface area contributed by atoms with Gasteiger partial charge in [-0.05, 0) is 36.4 Å². The van der Waals surface area contributed by atoms with Gasteiger partial charge >= 0.3 is 0 Å². The third kappa shape index (κ3) is 3.56. The van der Waals surface area contributed by atoms with Gasteiger partial charge in [0.15, 0.2) is 0 Å². The Balaban J connectivity index is 1.47. The van der Waals surface area contributed by atoms with Crippen LogP contribution in [0.4, 0.5) is 0 Å². The van der Waals surface area contributed by atoms with Crippen molar-refractivity contribution in [1.82, 2.24) is 20.9 Å². The Hall–Kier alpha value is -2.25. The molecule has 3 amide bonds. The number of amides is 3. The summed E-state index contributed by atoms with van der Waals surface area (Å²) in [6.07, 6.45) is 3.04. The van der Waals surface area contributed by atoms with Crippen LogP contribution in [0.2, 0.25) is 0 Å². The monoisotopic (exact) mass is 384 g/mol. The number of fused-ring (bicyclic) bond motifs is 1. The van der Waals surface area contributed by atoms with Gasteiger partial charge < -0.3 is 15.5 Å². The maximum Gasteiger partial charge on any atom is 0.255 e. The van der Waals surface area contributed by atoms with Crippen molar-refractivity contribution in [3.63, 3.8) is 0 Å². The van der Waals surface area contributed by atoms with E-state index in [1.807, 2.05) is 18.2 Å². The van der Waals surface area contributed by atoms with Gasteiger partial charge in [-0.25, -0.2) is 0 Å². The van der Waals surface area contributed by atoms with E-state index in [9.17, 15) is 14.4 Å². The summed E-state index contributed by atoms with van der Waals surface area (Å²) in [6, 6.07) is 5.78. The van der Waals surface area contributed by atoms with Crippen LogP contribution in [0, 0.1) is 5.92 Å². The molecule has 0 saturated carbocycles. The summed E-state index contributed by atoms with van der Waals surface area (Å²) in [5.74, 6) is -0.104. The molecule has 7 nitrogen and oxygen atoms in total. The normalized spacial score (nSPS) is 27.2. The number of imide groups is 1. The number of piperidine rings is 1. The van der Waals surface area contributed by atoms with Gasteiger partial charge in [-0.2, -0.15) is 0 Å². The Labute approximate surface area is 165 Å². The molecule has 0 spiro atoms. The highest BCUT2D eigenvalue weighted by Crippen LogP contribution is 2.30. The van der Waals surface area contributed by atoms with Crippen molar-refractivity contribution in [2.75, 3.05) is 13.1 Å². The minimum Gasteiger partial charge on any atom is -0.322 e. The average Bonchev–Trinajstić information content (AvgIpc) is 3.25. The van der Waals surface area contributed by atoms with Crippen LogP contribution in [-0.2, 0) is 22.7 Å². The first-order chi connectivity index (χ1) is 13.6. The lowest BCUT2D eigenvalue weighted by molar-refractivity contribution is -0.136. The first kappa shape index (κ1) is 19.1. The Kier molecular flexibility index (Phi) is 5.46. The lowest BCUT2D eigenvalue weighted by Gasteiger charge is -2.29. The first-order valence-corrected chi connectivity index (χ1v) is 10.3. The van der Waals surface area contributed by atoms with Crippen LogP contribution >= 0.6 is 0 Å². The van der Waals surface area contributed by atoms with Crippen LogP contribution in [0.1, 0.15) is 54.1 Å². The van der Waals surface area contributed by atoms with Crippen LogP contribution < -0.4 is 16.0 Å². The lowest BCUT2D eigenvalue weighted by Crippen LogP contribution is -2.52. The standard InChI is InChI=1S/C21H28N4O3/c1-2-4-13-9-22-11-16(13)23-10-14-5-3-6-15-12-25(21(28)19(14)15)17-7-8-18(26)24-20(17)27/h3,5-6,13,16-17,22-23H,2,4,7-12H2,1H3,(H,24,26,27)/t13-,16+,17?/m1/s1. The van der Waals surface area contributed by atoms with Crippen molar-refractivity contribution >= 4 is 17.7 Å². The maximum absolute atomic E-state index is 13.1. The highest BCUT2D eigenvalue weighted by Gasteiger charge is 2.40. The second-order valence-electron chi connectivity index (χ2n) is 8.05. The van der Waals surface area contributed by atoms with Gasteiger partial charge in [0.1, 0.15) is 6.04 Å². The summed E-state index contributed by atoms with van der Waals surface area (Å²) in [6.45, 7) is 5.28. The van der Waals surface area contributed by atoms with Gasteiger partial charge in [0.25, 0.3) is 5.91 Å². The van der Waals surface area contributed by atoms with E-state index in [1.165, 1.54) is 12.8 Å². The summed E-state index contributed by atoms with van der Waals surface area (Å²) < 4.78 is 0. The van der Waals surface area contributed by atoms with Crippen molar-refractivity contribution in [1.29, 1.82) is 0 Å². The van der Waals surface area contributed by atoms with Crippen molar-refractivity contribution < 1.29 is 14.4 Å². The molecule has 3 aliphatic heterocycles. The van der Waals surface area contributed by atoms with Gasteiger partial charge in [0.2, 0.25) is 11.8 Å². The molecule has 0 aromatic heterocycles. The number of nitrogens with zero attached hydrogens (tertiary/aromatic N) is 1. The van der Waals surface area contributed by atoms with Crippen LogP contribution in [0.3, 0.4) is 0 Å². The van der Waals surface area contributed by atoms with Crippen molar-refractivity contribution in [2.24, 2.45) is 5.92 Å². The topological polar surface area (TPSA) is 90.5 Å². The maximum atomic E-state index is 13.1. The van der Waals surface area contributed by atoms with Gasteiger partial charge in [0.05, 0.1) is 0 Å². The number of hydrogen-bond donors (Lipinski definition) is 3. The van der Waals surface area contributed by atoms with E-state index in [0.717, 1.165) is 29.8 Å². The first-order valence-electron chi connectivity index (χ1n) is 10.3. The fraction of sp³-hybridized carbons (Fsp3) is 0.571. The van der Waals surface area contributed by atoms with E-state index in [0.29, 0.717) is 31.5 Å². The van der Waals surface area contributed by atoms with Crippen molar-refractivity contribution in [3.8, 4) is 0 Å². The molecule has 3 atom stereocenters. The fourth-order valence-electron chi connectivity index (χ4n) is 4.72. The van der Waals surface area contributed by atoms with Gasteiger partial charge in [-0.15, -0.1) is 0 Å². The quantitative estimate of drug-likeness (QED) is 0.635. The van der Waals surface area contributed by atoms with E-state index < -0.39 is 6.04 Å². The molecule has 2 saturated heterocycles. The van der Waals surface area contributed by atoms with E-state index >= 15 is 0 Å². The molecule has 0 bridgehead atoms. The summed E-state index contributed by atoms with van der Waals surface area (Å²) in [5.41, 5.74) is 2.67. The number of rotatable bonds is 6. The molecule has 4 rings (SSSR count). The SMILES string of the molecule is CCC[C@@H]1CNC[C@@H]1NCc1cccc2c1C(=O)N(C1CCC(=O)NC1=O)C2. The molecule has 28 heavy (non-hydrogen) atoms. The van der Waals surface area contributed by atoms with E-state index in [1.54, 1.807) is 4.90 Å². The molecule has 3 aliphatic rings. The predicted molar refractivity (Wildman–Crippen MR) is 104 cm³/mol. The Bertz CT molecular complexity index is 794. The van der Waals surface area contributed by atoms with Crippen molar-refractivity contribution in [3.05, 3.63) is 34.9 Å². The zero-order valence-electron chi connectivity index (χ0n) is 16.3. The lowest BCUT2D eigenvalue weighted by atomic mass is 9.97. The molecular formula is C21H28N4O3. The van der Waals surface area contributed by atoms with Gasteiger partial charge in [0, 0.05) is 37.7 Å². The minimum absolute atomic E-state index is 0.100. The summed E-state index contributed by atoms with van der Waals surface area (Å²) in [4.78, 5) is 38.4. The molecule has 0 radical (unpaired) electrons. The highest BCUT2D eigenvalue weighted by molar-refractivity contribution is 6.05. The molecule has 1 aromatic carbocycles. The molecule has 7 heteroatoms. The van der Waals surface area contributed by atoms with Crippen LogP contribution in [-0.4, -0.2) is 47.8 Å². The molecule has 1 aromatic rings. The van der Waals surface area contributed by atoms with E-state index in [2.05, 4.69) is 22.9 Å². The van der Waals surface area contributed by atoms with Gasteiger partial charge in [-0.3, -0.25) is 19.7 Å². The number of hydrogen-bond acceptors (Lipinski definition) is 5. The average molecular weight is 384 g/mol. The summed E-state index contributed by atoms with van der Waals surface area (Å²) in [5, 5.41) is 9.44. The number of carbonyl (C=O) groups is 3. The molecular weight excluding hydrogens is 356 g/mol. The molecule has 0 aliphatic carbocycles. The van der Waals surface area contributed by atoms with E-state index in [4.69, 9.17) is 0 Å². The summed E-state index contributed by atoms with van der Waals surface area (Å²) in [7, 11) is 0. The van der Waals surface area contributed by atoms with Crippen LogP contribution in [0.25, 0.3) is 0 Å². The van der Waals surface area contributed by atoms with Crippen LogP contribution in [0.5, 0.6) is 0 Å². The predicted octanol–water partition coefficient (Wildman–Crippen LogP) is 0.925. The fourth-order valence-corrected chi connectivity index (χ4v) is 4.72. The smallest absolute Gasteiger partial charge is 0.255 e. The van der Waals surface area contributed by atoms with E-state index in [-0.39, 0.29) is 24.1 Å². The van der Waals surface area contributed by atoms with Crippen molar-refractivity contribution in [2.45, 2.75) is 57.8 Å². The van der Waals surface area contributed by atoms with Crippen LogP contribution in [0.15, 0.2) is 18.2 Å². The number of benzene rings is 1. The molecule has 3 N–H and O–H groups in total. The third-order valence-electron chi connectivity index (χ3n) is 6.19. The zero-order chi connectivity index (χ0) is 19.7. The molecule has 150 valence electrons. The highest BCUT2D eigenvalue weighted by atomic mass is 16.2. The second kappa shape index (κ2) is 8.01. The zero-order valence-corrected chi connectivity index (χ0v) is 16.3. The second-order valence-corrected chi connectivity index (χ2v) is 8.05. The Morgan fingerprint density at radius 2 is 2.07 bits per heavy atom. The third-order valence-corrected chi connectivity index (χ3v) is 6.19. The van der Waals surface area contributed by atoms with Gasteiger partial charge in [-0.1, -0.05) is 31.5 Å². The Morgan fingerprint density at radius 1 is 1.21 bits per heavy atom. The number of nitrogens with one attached hydrogen (secondary N) is 3. The molecule has 1 unspecified atom stereocenters. The summed E-state index contributed by atoms with van der Waals surface area (Å²) >= 11 is 0. The Morgan fingerprint density at radius 3 is 2.86 bits per heavy atom.